The number of methoxy groups -OCH3 is 1. The predicted molar refractivity (Wildman–Crippen MR) is 112 cm³/mol. The fourth-order valence-corrected chi connectivity index (χ4v) is 7.28. The number of ether oxygens (including phenoxy) is 1. The van der Waals surface area contributed by atoms with Crippen molar-refractivity contribution in [3.05, 3.63) is 91.0 Å². The minimum atomic E-state index is -1.69. The first-order valence-electron chi connectivity index (χ1n) is 7.92. The molecule has 0 saturated heterocycles. The molecule has 0 unspecified atom stereocenters. The van der Waals surface area contributed by atoms with Crippen LogP contribution in [0.3, 0.4) is 0 Å². The highest BCUT2D eigenvalue weighted by Crippen LogP contribution is 2.54. The van der Waals surface area contributed by atoms with Crippen LogP contribution in [0, 0.1) is 0 Å². The molecule has 0 aliphatic heterocycles. The highest BCUT2D eigenvalue weighted by atomic mass is 79.9. The van der Waals surface area contributed by atoms with E-state index in [1.165, 1.54) is 15.9 Å². The van der Waals surface area contributed by atoms with Gasteiger partial charge in [-0.25, -0.2) is 0 Å². The average Bonchev–Trinajstić information content (AvgIpc) is 2.65. The van der Waals surface area contributed by atoms with E-state index in [4.69, 9.17) is 4.74 Å². The number of hydrogen-bond acceptors (Lipinski definition) is 1. The van der Waals surface area contributed by atoms with Crippen molar-refractivity contribution in [2.45, 2.75) is 0 Å². The van der Waals surface area contributed by atoms with Crippen molar-refractivity contribution in [2.24, 2.45) is 0 Å². The summed E-state index contributed by atoms with van der Waals surface area (Å²) in [4.78, 5) is 0. The van der Waals surface area contributed by atoms with Crippen LogP contribution in [-0.4, -0.2) is 19.9 Å². The Bertz CT molecular complexity index is 620. The van der Waals surface area contributed by atoms with Gasteiger partial charge in [0.2, 0.25) is 0 Å². The molecule has 0 radical (unpaired) electrons. The fraction of sp³-hybridized carbons (Fsp3) is 0.143. The average molecular weight is 402 g/mol. The maximum absolute atomic E-state index is 5.49. The third-order valence-corrected chi connectivity index (χ3v) is 8.61. The molecule has 0 aromatic heterocycles. The van der Waals surface area contributed by atoms with Crippen LogP contribution in [-0.2, 0) is 4.74 Å². The fourth-order valence-electron chi connectivity index (χ4n) is 3.11. The lowest BCUT2D eigenvalue weighted by atomic mass is 10.4. The third-order valence-electron chi connectivity index (χ3n) is 4.22. The lowest BCUT2D eigenvalue weighted by Crippen LogP contribution is -2.34. The Morgan fingerprint density at radius 3 is 1.25 bits per heavy atom. The van der Waals surface area contributed by atoms with Crippen molar-refractivity contribution in [1.82, 2.24) is 0 Å². The van der Waals surface area contributed by atoms with Crippen LogP contribution in [0.2, 0.25) is 0 Å². The first-order valence-corrected chi connectivity index (χ1v) is 9.89. The zero-order chi connectivity index (χ0) is 16.0. The summed E-state index contributed by atoms with van der Waals surface area (Å²) in [6.07, 6.45) is 1.02. The molecule has 0 bridgehead atoms. The summed E-state index contributed by atoms with van der Waals surface area (Å²) in [7, 11) is 0.0926. The second-order valence-electron chi connectivity index (χ2n) is 5.53. The summed E-state index contributed by atoms with van der Waals surface area (Å²) >= 11 is 0. The molecule has 3 rings (SSSR count). The lowest BCUT2D eigenvalue weighted by Gasteiger charge is -2.27. The molecule has 0 heterocycles. The van der Waals surface area contributed by atoms with E-state index in [2.05, 4.69) is 91.0 Å². The van der Waals surface area contributed by atoms with Gasteiger partial charge in [0.25, 0.3) is 0 Å². The van der Waals surface area contributed by atoms with E-state index in [1.807, 2.05) is 0 Å². The normalized spacial score (nSPS) is 10.9. The van der Waals surface area contributed by atoms with E-state index in [-0.39, 0.29) is 17.0 Å². The van der Waals surface area contributed by atoms with E-state index in [1.54, 1.807) is 7.11 Å². The van der Waals surface area contributed by atoms with Gasteiger partial charge in [0, 0.05) is 7.11 Å². The van der Waals surface area contributed by atoms with Gasteiger partial charge in [-0.1, -0.05) is 54.6 Å². The molecule has 0 N–H and O–H groups in total. The lowest BCUT2D eigenvalue weighted by molar-refractivity contribution is 0.218. The van der Waals surface area contributed by atoms with Crippen LogP contribution >= 0.6 is 24.2 Å². The maximum atomic E-state index is 5.49. The Hall–Kier alpha value is -1.47. The standard InChI is InChI=1S/C21H22OP.BrH/c1-22-17-18-23(19-11-5-2-6-12-19,20-13-7-3-8-14-20)21-15-9-4-10-16-21;/h2-16H,17-18H2,1H3;1H/q+1;. The quantitative estimate of drug-likeness (QED) is 0.562. The topological polar surface area (TPSA) is 9.23 Å². The molecular weight excluding hydrogens is 379 g/mol. The second-order valence-corrected chi connectivity index (χ2v) is 9.15. The first-order chi connectivity index (χ1) is 11.4. The highest BCUT2D eigenvalue weighted by molar-refractivity contribution is 8.93. The monoisotopic (exact) mass is 401 g/mol. The molecule has 1 nitrogen and oxygen atoms in total. The highest BCUT2D eigenvalue weighted by Gasteiger charge is 2.44. The van der Waals surface area contributed by atoms with Gasteiger partial charge in [-0.05, 0) is 36.4 Å². The Morgan fingerprint density at radius 1 is 0.625 bits per heavy atom. The van der Waals surface area contributed by atoms with Crippen LogP contribution in [0.1, 0.15) is 0 Å². The second kappa shape index (κ2) is 9.13. The summed E-state index contributed by atoms with van der Waals surface area (Å²) < 4.78 is 5.49. The van der Waals surface area contributed by atoms with E-state index in [9.17, 15) is 0 Å². The van der Waals surface area contributed by atoms with Crippen LogP contribution < -0.4 is 15.9 Å². The Labute approximate surface area is 155 Å². The SMILES string of the molecule is Br.COCC[P+](c1ccccc1)(c1ccccc1)c1ccccc1. The van der Waals surface area contributed by atoms with Crippen molar-refractivity contribution in [3.8, 4) is 0 Å². The van der Waals surface area contributed by atoms with Crippen molar-refractivity contribution in [1.29, 1.82) is 0 Å². The van der Waals surface area contributed by atoms with Crippen LogP contribution in [0.5, 0.6) is 0 Å². The van der Waals surface area contributed by atoms with E-state index < -0.39 is 7.26 Å². The summed E-state index contributed by atoms with van der Waals surface area (Å²) in [6.45, 7) is 0.756. The molecule has 0 amide bonds. The van der Waals surface area contributed by atoms with Gasteiger partial charge in [-0.15, -0.1) is 17.0 Å². The zero-order valence-electron chi connectivity index (χ0n) is 13.8. The van der Waals surface area contributed by atoms with Gasteiger partial charge in [0.15, 0.2) is 0 Å². The summed E-state index contributed by atoms with van der Waals surface area (Å²) in [5, 5.41) is 4.23. The Balaban J connectivity index is 0.00000208. The van der Waals surface area contributed by atoms with Gasteiger partial charge in [-0.2, -0.15) is 0 Å². The molecule has 3 aromatic carbocycles. The summed E-state index contributed by atoms with van der Waals surface area (Å²) in [5.41, 5.74) is 0. The van der Waals surface area contributed by atoms with Crippen LogP contribution in [0.25, 0.3) is 0 Å². The van der Waals surface area contributed by atoms with Gasteiger partial charge in [0.05, 0.1) is 12.8 Å². The van der Waals surface area contributed by atoms with E-state index in [0.29, 0.717) is 0 Å². The summed E-state index contributed by atoms with van der Waals surface area (Å²) in [5.74, 6) is 0. The van der Waals surface area contributed by atoms with E-state index >= 15 is 0 Å². The Kier molecular flexibility index (Phi) is 7.17. The number of hydrogen-bond donors (Lipinski definition) is 0. The van der Waals surface area contributed by atoms with Gasteiger partial charge >= 0.3 is 0 Å². The number of benzene rings is 3. The predicted octanol–water partition coefficient (Wildman–Crippen LogP) is 4.20. The largest absolute Gasteiger partial charge is 0.381 e. The first kappa shape index (κ1) is 18.9. The molecule has 0 aliphatic carbocycles. The molecule has 0 atom stereocenters. The molecule has 0 saturated carbocycles. The van der Waals surface area contributed by atoms with Crippen LogP contribution in [0.15, 0.2) is 91.0 Å². The zero-order valence-corrected chi connectivity index (χ0v) is 16.4. The molecule has 0 aliphatic rings. The molecule has 0 fully saturated rings. The van der Waals surface area contributed by atoms with Crippen molar-refractivity contribution >= 4 is 40.2 Å². The number of halogens is 1. The summed E-state index contributed by atoms with van der Waals surface area (Å²) in [6, 6.07) is 32.7. The van der Waals surface area contributed by atoms with Crippen LogP contribution in [0.4, 0.5) is 0 Å². The van der Waals surface area contributed by atoms with Crippen molar-refractivity contribution in [3.63, 3.8) is 0 Å². The minimum absolute atomic E-state index is 0. The van der Waals surface area contributed by atoms with Gasteiger partial charge < -0.3 is 4.74 Å². The third kappa shape index (κ3) is 3.78. The molecule has 3 heteroatoms. The molecule has 24 heavy (non-hydrogen) atoms. The molecule has 124 valence electrons. The van der Waals surface area contributed by atoms with Crippen molar-refractivity contribution in [2.75, 3.05) is 19.9 Å². The maximum Gasteiger partial charge on any atom is 0.114 e. The molecule has 3 aromatic rings. The van der Waals surface area contributed by atoms with Gasteiger partial charge in [0.1, 0.15) is 23.2 Å². The Morgan fingerprint density at radius 2 is 0.958 bits per heavy atom. The molecular formula is C21H23BrOP+. The smallest absolute Gasteiger partial charge is 0.114 e. The minimum Gasteiger partial charge on any atom is -0.381 e. The van der Waals surface area contributed by atoms with Crippen molar-refractivity contribution < 1.29 is 4.74 Å². The number of rotatable bonds is 6. The van der Waals surface area contributed by atoms with Gasteiger partial charge in [-0.3, -0.25) is 0 Å². The molecule has 0 spiro atoms. The van der Waals surface area contributed by atoms with E-state index in [0.717, 1.165) is 12.8 Å².